The van der Waals surface area contributed by atoms with Gasteiger partial charge in [-0.3, -0.25) is 4.79 Å². The monoisotopic (exact) mass is 520 g/mol. The van der Waals surface area contributed by atoms with E-state index in [4.69, 9.17) is 14.2 Å². The van der Waals surface area contributed by atoms with E-state index in [0.29, 0.717) is 31.1 Å². The Balaban J connectivity index is 1.58. The minimum Gasteiger partial charge on any atom is -0.493 e. The molecule has 3 rings (SSSR count). The van der Waals surface area contributed by atoms with Gasteiger partial charge in [-0.2, -0.15) is 0 Å². The van der Waals surface area contributed by atoms with Crippen LogP contribution in [-0.2, 0) is 22.6 Å². The van der Waals surface area contributed by atoms with Gasteiger partial charge in [-0.15, -0.1) is 0 Å². The van der Waals surface area contributed by atoms with E-state index in [1.165, 1.54) is 5.39 Å². The summed E-state index contributed by atoms with van der Waals surface area (Å²) in [5.74, 6) is 1.03. The lowest BCUT2D eigenvalue weighted by Crippen LogP contribution is -2.51. The van der Waals surface area contributed by atoms with Crippen LogP contribution >= 0.6 is 0 Å². The summed E-state index contributed by atoms with van der Waals surface area (Å²) in [4.78, 5) is 25.2. The van der Waals surface area contributed by atoms with E-state index in [1.807, 2.05) is 50.2 Å². The standard InChI is InChI=1S/C31H40N2O5/c1-7-21(2)28(33-30(35)38-31(3,4)5)29(34)32-18-17-22-15-16-26(27(19-22)36-6)37-20-24-13-10-12-23-11-8-9-14-25(23)24/h8-16,19,21,28H,7,17-18,20H2,1-6H3,(H,32,34)(H,33,35)/t21-,28-/m0/s1. The lowest BCUT2D eigenvalue weighted by Gasteiger charge is -2.26. The first kappa shape index (κ1) is 28.8. The predicted octanol–water partition coefficient (Wildman–Crippen LogP) is 6.03. The first-order chi connectivity index (χ1) is 18.1. The van der Waals surface area contributed by atoms with Gasteiger partial charge in [0.2, 0.25) is 5.91 Å². The number of methoxy groups -OCH3 is 1. The highest BCUT2D eigenvalue weighted by molar-refractivity contribution is 5.86. The molecule has 0 fully saturated rings. The second-order valence-corrected chi connectivity index (χ2v) is 10.5. The molecular formula is C31H40N2O5. The summed E-state index contributed by atoms with van der Waals surface area (Å²) in [5.41, 5.74) is 1.47. The Hall–Kier alpha value is -3.74. The van der Waals surface area contributed by atoms with E-state index >= 15 is 0 Å². The van der Waals surface area contributed by atoms with Crippen LogP contribution in [0.2, 0.25) is 0 Å². The number of alkyl carbamates (subject to hydrolysis) is 1. The molecule has 38 heavy (non-hydrogen) atoms. The second-order valence-electron chi connectivity index (χ2n) is 10.5. The Morgan fingerprint density at radius 1 is 0.974 bits per heavy atom. The Labute approximate surface area is 225 Å². The fraction of sp³-hybridized carbons (Fsp3) is 0.419. The molecule has 0 saturated carbocycles. The van der Waals surface area contributed by atoms with E-state index in [9.17, 15) is 9.59 Å². The summed E-state index contributed by atoms with van der Waals surface area (Å²) < 4.78 is 17.0. The lowest BCUT2D eigenvalue weighted by molar-refractivity contribution is -0.124. The van der Waals surface area contributed by atoms with Crippen LogP contribution in [0, 0.1) is 5.92 Å². The molecule has 0 unspecified atom stereocenters. The molecule has 2 N–H and O–H groups in total. The normalized spacial score (nSPS) is 12.9. The van der Waals surface area contributed by atoms with Crippen LogP contribution in [0.1, 0.15) is 52.2 Å². The van der Waals surface area contributed by atoms with Gasteiger partial charge in [0.25, 0.3) is 0 Å². The number of nitrogens with one attached hydrogen (secondary N) is 2. The van der Waals surface area contributed by atoms with Gasteiger partial charge in [-0.25, -0.2) is 4.79 Å². The molecule has 0 radical (unpaired) electrons. The molecule has 0 bridgehead atoms. The molecular weight excluding hydrogens is 480 g/mol. The molecule has 0 spiro atoms. The van der Waals surface area contributed by atoms with E-state index in [0.717, 1.165) is 22.9 Å². The third-order valence-corrected chi connectivity index (χ3v) is 6.37. The van der Waals surface area contributed by atoms with Crippen LogP contribution in [0.25, 0.3) is 10.8 Å². The van der Waals surface area contributed by atoms with Gasteiger partial charge >= 0.3 is 6.09 Å². The van der Waals surface area contributed by atoms with E-state index in [1.54, 1.807) is 27.9 Å². The number of carbonyl (C=O) groups is 2. The minimum atomic E-state index is -0.672. The zero-order chi connectivity index (χ0) is 27.7. The third kappa shape index (κ3) is 8.13. The summed E-state index contributed by atoms with van der Waals surface area (Å²) in [6.45, 7) is 10.1. The topological polar surface area (TPSA) is 85.9 Å². The Bertz CT molecular complexity index is 1230. The summed E-state index contributed by atoms with van der Waals surface area (Å²) in [6, 6.07) is 19.5. The molecule has 2 amide bonds. The van der Waals surface area contributed by atoms with Crippen LogP contribution < -0.4 is 20.1 Å². The molecule has 0 heterocycles. The van der Waals surface area contributed by atoms with Gasteiger partial charge in [0.05, 0.1) is 7.11 Å². The number of ether oxygens (including phenoxy) is 3. The molecule has 0 aliphatic heterocycles. The number of carbonyl (C=O) groups excluding carboxylic acids is 2. The van der Waals surface area contributed by atoms with E-state index < -0.39 is 17.7 Å². The van der Waals surface area contributed by atoms with Crippen LogP contribution in [0.5, 0.6) is 11.5 Å². The van der Waals surface area contributed by atoms with Crippen LogP contribution in [0.4, 0.5) is 4.79 Å². The van der Waals surface area contributed by atoms with Crippen LogP contribution in [0.3, 0.4) is 0 Å². The molecule has 3 aromatic carbocycles. The Kier molecular flexibility index (Phi) is 9.99. The summed E-state index contributed by atoms with van der Waals surface area (Å²) >= 11 is 0. The van der Waals surface area contributed by atoms with Crippen molar-refractivity contribution in [2.24, 2.45) is 5.92 Å². The molecule has 7 heteroatoms. The number of rotatable bonds is 11. The van der Waals surface area contributed by atoms with Gasteiger partial charge in [0.1, 0.15) is 18.2 Å². The van der Waals surface area contributed by atoms with Crippen molar-refractivity contribution in [3.05, 3.63) is 71.8 Å². The third-order valence-electron chi connectivity index (χ3n) is 6.37. The SMILES string of the molecule is CC[C@H](C)[C@H](NC(=O)OC(C)(C)C)C(=O)NCCc1ccc(OCc2cccc3ccccc23)c(OC)c1. The van der Waals surface area contributed by atoms with Crippen molar-refractivity contribution < 1.29 is 23.8 Å². The Morgan fingerprint density at radius 2 is 1.71 bits per heavy atom. The van der Waals surface area contributed by atoms with Gasteiger partial charge in [0, 0.05) is 6.54 Å². The van der Waals surface area contributed by atoms with Gasteiger partial charge in [-0.05, 0) is 67.1 Å². The average Bonchev–Trinajstić information content (AvgIpc) is 2.89. The van der Waals surface area contributed by atoms with Crippen molar-refractivity contribution in [3.63, 3.8) is 0 Å². The highest BCUT2D eigenvalue weighted by atomic mass is 16.6. The van der Waals surface area contributed by atoms with Gasteiger partial charge in [0.15, 0.2) is 11.5 Å². The largest absolute Gasteiger partial charge is 0.493 e. The van der Waals surface area contributed by atoms with Crippen LogP contribution in [-0.4, -0.2) is 37.3 Å². The number of hydrogen-bond acceptors (Lipinski definition) is 5. The molecule has 0 saturated heterocycles. The minimum absolute atomic E-state index is 0.0409. The lowest BCUT2D eigenvalue weighted by atomic mass is 9.98. The maximum Gasteiger partial charge on any atom is 0.408 e. The number of amides is 2. The van der Waals surface area contributed by atoms with Crippen molar-refractivity contribution in [1.82, 2.24) is 10.6 Å². The first-order valence-corrected chi connectivity index (χ1v) is 13.1. The first-order valence-electron chi connectivity index (χ1n) is 13.1. The fourth-order valence-electron chi connectivity index (χ4n) is 4.14. The quantitative estimate of drug-likeness (QED) is 0.323. The molecule has 0 aliphatic rings. The zero-order valence-corrected chi connectivity index (χ0v) is 23.3. The summed E-state index contributed by atoms with van der Waals surface area (Å²) in [5, 5.41) is 8.02. The molecule has 0 aromatic heterocycles. The predicted molar refractivity (Wildman–Crippen MR) is 151 cm³/mol. The van der Waals surface area contributed by atoms with Crippen molar-refractivity contribution in [3.8, 4) is 11.5 Å². The van der Waals surface area contributed by atoms with Crippen molar-refractivity contribution in [1.29, 1.82) is 0 Å². The highest BCUT2D eigenvalue weighted by Gasteiger charge is 2.28. The maximum atomic E-state index is 12.9. The molecule has 0 aliphatic carbocycles. The van der Waals surface area contributed by atoms with Gasteiger partial charge < -0.3 is 24.8 Å². The second kappa shape index (κ2) is 13.2. The maximum absolute atomic E-state index is 12.9. The van der Waals surface area contributed by atoms with E-state index in [-0.39, 0.29) is 11.8 Å². The molecule has 2 atom stereocenters. The highest BCUT2D eigenvalue weighted by Crippen LogP contribution is 2.30. The fourth-order valence-corrected chi connectivity index (χ4v) is 4.14. The zero-order valence-electron chi connectivity index (χ0n) is 23.3. The summed E-state index contributed by atoms with van der Waals surface area (Å²) in [7, 11) is 1.62. The average molecular weight is 521 g/mol. The molecule has 3 aromatic rings. The van der Waals surface area contributed by atoms with Crippen LogP contribution in [0.15, 0.2) is 60.7 Å². The molecule has 7 nitrogen and oxygen atoms in total. The smallest absolute Gasteiger partial charge is 0.408 e. The molecule has 204 valence electrons. The Morgan fingerprint density at radius 3 is 2.42 bits per heavy atom. The van der Waals surface area contributed by atoms with Crippen molar-refractivity contribution in [2.75, 3.05) is 13.7 Å². The number of fused-ring (bicyclic) bond motifs is 1. The van der Waals surface area contributed by atoms with Crippen molar-refractivity contribution in [2.45, 2.75) is 65.7 Å². The summed E-state index contributed by atoms with van der Waals surface area (Å²) in [6.07, 6.45) is 0.748. The number of benzene rings is 3. The van der Waals surface area contributed by atoms with E-state index in [2.05, 4.69) is 34.9 Å². The number of hydrogen-bond donors (Lipinski definition) is 2. The van der Waals surface area contributed by atoms with Gasteiger partial charge in [-0.1, -0.05) is 68.8 Å². The van der Waals surface area contributed by atoms with Crippen molar-refractivity contribution >= 4 is 22.8 Å².